The normalized spacial score (nSPS) is 24.9. The smallest absolute Gasteiger partial charge is 0.317 e. The van der Waals surface area contributed by atoms with Gasteiger partial charge in [0, 0.05) is 25.6 Å². The molecule has 0 radical (unpaired) electrons. The minimum atomic E-state index is -0.157. The molecule has 2 saturated heterocycles. The average molecular weight is 319 g/mol. The van der Waals surface area contributed by atoms with Crippen LogP contribution in [-0.4, -0.2) is 58.1 Å². The Morgan fingerprint density at radius 1 is 1.26 bits per heavy atom. The molecule has 1 saturated carbocycles. The van der Waals surface area contributed by atoms with Gasteiger partial charge in [0.15, 0.2) is 5.82 Å². The van der Waals surface area contributed by atoms with Gasteiger partial charge in [-0.15, -0.1) is 0 Å². The number of rotatable bonds is 4. The summed E-state index contributed by atoms with van der Waals surface area (Å²) in [6.45, 7) is 2.12. The average Bonchev–Trinajstić information content (AvgIpc) is 3.10. The van der Waals surface area contributed by atoms with Crippen LogP contribution in [0.3, 0.4) is 0 Å². The molecule has 0 aromatic carbocycles. The highest BCUT2D eigenvalue weighted by atomic mass is 16.5. The van der Waals surface area contributed by atoms with Crippen molar-refractivity contribution in [2.75, 3.05) is 26.2 Å². The van der Waals surface area contributed by atoms with Crippen LogP contribution in [0.15, 0.2) is 4.52 Å². The summed E-state index contributed by atoms with van der Waals surface area (Å²) in [6, 6.07) is -0.275. The molecule has 8 heteroatoms. The van der Waals surface area contributed by atoms with Crippen LogP contribution in [0.1, 0.15) is 55.8 Å². The fraction of sp³-hybridized carbons (Fsp3) is 0.733. The van der Waals surface area contributed by atoms with Gasteiger partial charge >= 0.3 is 6.03 Å². The van der Waals surface area contributed by atoms with E-state index in [4.69, 9.17) is 4.52 Å². The highest BCUT2D eigenvalue weighted by Gasteiger charge is 2.36. The second-order valence-corrected chi connectivity index (χ2v) is 6.52. The number of urea groups is 1. The van der Waals surface area contributed by atoms with Crippen LogP contribution in [0.25, 0.3) is 0 Å². The molecule has 1 unspecified atom stereocenters. The second kappa shape index (κ2) is 5.82. The SMILES string of the molecule is O=C1NCCCN1CC(=O)N1CCCC1c1noc(C2CC2)n1. The summed E-state index contributed by atoms with van der Waals surface area (Å²) < 4.78 is 5.32. The van der Waals surface area contributed by atoms with E-state index in [-0.39, 0.29) is 24.5 Å². The maximum absolute atomic E-state index is 12.6. The van der Waals surface area contributed by atoms with Gasteiger partial charge in [-0.25, -0.2) is 4.79 Å². The zero-order chi connectivity index (χ0) is 15.8. The Morgan fingerprint density at radius 3 is 2.91 bits per heavy atom. The summed E-state index contributed by atoms with van der Waals surface area (Å²) in [7, 11) is 0. The lowest BCUT2D eigenvalue weighted by Gasteiger charge is -2.30. The van der Waals surface area contributed by atoms with Gasteiger partial charge in [-0.1, -0.05) is 5.16 Å². The van der Waals surface area contributed by atoms with Gasteiger partial charge in [0.2, 0.25) is 11.8 Å². The van der Waals surface area contributed by atoms with E-state index < -0.39 is 0 Å². The van der Waals surface area contributed by atoms with Gasteiger partial charge < -0.3 is 19.6 Å². The molecule has 1 N–H and O–H groups in total. The van der Waals surface area contributed by atoms with Crippen molar-refractivity contribution < 1.29 is 14.1 Å². The summed E-state index contributed by atoms with van der Waals surface area (Å²) in [4.78, 5) is 32.3. The largest absolute Gasteiger partial charge is 0.339 e. The van der Waals surface area contributed by atoms with Crippen LogP contribution in [0, 0.1) is 0 Å². The third kappa shape index (κ3) is 2.89. The van der Waals surface area contributed by atoms with Crippen molar-refractivity contribution in [3.8, 4) is 0 Å². The molecule has 3 aliphatic rings. The lowest BCUT2D eigenvalue weighted by atomic mass is 10.2. The van der Waals surface area contributed by atoms with Crippen LogP contribution in [-0.2, 0) is 4.79 Å². The molecular weight excluding hydrogens is 298 g/mol. The van der Waals surface area contributed by atoms with Crippen molar-refractivity contribution in [1.82, 2.24) is 25.3 Å². The first-order valence-corrected chi connectivity index (χ1v) is 8.38. The molecule has 23 heavy (non-hydrogen) atoms. The number of hydrogen-bond acceptors (Lipinski definition) is 5. The van der Waals surface area contributed by atoms with Crippen LogP contribution >= 0.6 is 0 Å². The van der Waals surface area contributed by atoms with Crippen molar-refractivity contribution >= 4 is 11.9 Å². The first-order valence-electron chi connectivity index (χ1n) is 8.38. The minimum absolute atomic E-state index is 0.0395. The van der Waals surface area contributed by atoms with Crippen LogP contribution in [0.5, 0.6) is 0 Å². The molecule has 8 nitrogen and oxygen atoms in total. The van der Waals surface area contributed by atoms with Gasteiger partial charge in [0.1, 0.15) is 6.54 Å². The molecule has 3 amide bonds. The van der Waals surface area contributed by atoms with Crippen molar-refractivity contribution in [3.05, 3.63) is 11.7 Å². The number of likely N-dealkylation sites (tertiary alicyclic amines) is 1. The van der Waals surface area contributed by atoms with Crippen LogP contribution in [0.2, 0.25) is 0 Å². The van der Waals surface area contributed by atoms with E-state index in [1.54, 1.807) is 9.80 Å². The number of nitrogens with zero attached hydrogens (tertiary/aromatic N) is 4. The topological polar surface area (TPSA) is 91.6 Å². The maximum atomic E-state index is 12.6. The third-order valence-corrected chi connectivity index (χ3v) is 4.75. The van der Waals surface area contributed by atoms with Crippen molar-refractivity contribution in [3.63, 3.8) is 0 Å². The number of amides is 3. The van der Waals surface area contributed by atoms with Gasteiger partial charge in [-0.05, 0) is 32.1 Å². The van der Waals surface area contributed by atoms with E-state index in [9.17, 15) is 9.59 Å². The summed E-state index contributed by atoms with van der Waals surface area (Å²) >= 11 is 0. The van der Waals surface area contributed by atoms with E-state index >= 15 is 0 Å². The summed E-state index contributed by atoms with van der Waals surface area (Å²) in [5.74, 6) is 1.69. The molecule has 1 aromatic heterocycles. The van der Waals surface area contributed by atoms with Gasteiger partial charge in [-0.2, -0.15) is 4.98 Å². The zero-order valence-electron chi connectivity index (χ0n) is 13.0. The van der Waals surface area contributed by atoms with E-state index in [1.165, 1.54) is 0 Å². The predicted molar refractivity (Wildman–Crippen MR) is 79.5 cm³/mol. The van der Waals surface area contributed by atoms with Crippen molar-refractivity contribution in [2.45, 2.75) is 44.1 Å². The van der Waals surface area contributed by atoms with Gasteiger partial charge in [0.25, 0.3) is 0 Å². The fourth-order valence-corrected chi connectivity index (χ4v) is 3.30. The van der Waals surface area contributed by atoms with E-state index in [0.717, 1.165) is 32.1 Å². The third-order valence-electron chi connectivity index (χ3n) is 4.75. The van der Waals surface area contributed by atoms with Crippen LogP contribution < -0.4 is 5.32 Å². The Morgan fingerprint density at radius 2 is 2.13 bits per heavy atom. The summed E-state index contributed by atoms with van der Waals surface area (Å²) in [6.07, 6.45) is 4.87. The molecule has 3 heterocycles. The van der Waals surface area contributed by atoms with E-state index in [0.29, 0.717) is 37.3 Å². The predicted octanol–water partition coefficient (Wildman–Crippen LogP) is 1.03. The van der Waals surface area contributed by atoms with Gasteiger partial charge in [0.05, 0.1) is 6.04 Å². The number of aromatic nitrogens is 2. The van der Waals surface area contributed by atoms with Crippen molar-refractivity contribution in [2.24, 2.45) is 0 Å². The molecule has 1 aliphatic carbocycles. The molecule has 0 spiro atoms. The molecule has 3 fully saturated rings. The molecule has 124 valence electrons. The molecule has 1 aromatic rings. The Bertz CT molecular complexity index is 612. The number of hydrogen-bond donors (Lipinski definition) is 1. The first kappa shape index (κ1) is 14.5. The maximum Gasteiger partial charge on any atom is 0.317 e. The lowest BCUT2D eigenvalue weighted by molar-refractivity contribution is -0.133. The summed E-state index contributed by atoms with van der Waals surface area (Å²) in [5, 5.41) is 6.85. The second-order valence-electron chi connectivity index (χ2n) is 6.52. The van der Waals surface area contributed by atoms with Gasteiger partial charge in [-0.3, -0.25) is 4.79 Å². The molecule has 4 rings (SSSR count). The highest BCUT2D eigenvalue weighted by Crippen LogP contribution is 2.40. The molecule has 0 bridgehead atoms. The quantitative estimate of drug-likeness (QED) is 0.895. The summed E-state index contributed by atoms with van der Waals surface area (Å²) in [5.41, 5.74) is 0. The van der Waals surface area contributed by atoms with Crippen LogP contribution in [0.4, 0.5) is 4.79 Å². The Balaban J connectivity index is 1.43. The monoisotopic (exact) mass is 319 g/mol. The lowest BCUT2D eigenvalue weighted by Crippen LogP contribution is -2.50. The zero-order valence-corrected chi connectivity index (χ0v) is 13.0. The van der Waals surface area contributed by atoms with E-state index in [1.807, 2.05) is 0 Å². The highest BCUT2D eigenvalue weighted by molar-refractivity contribution is 5.84. The fourth-order valence-electron chi connectivity index (χ4n) is 3.30. The molecule has 2 aliphatic heterocycles. The van der Waals surface area contributed by atoms with Crippen molar-refractivity contribution in [1.29, 1.82) is 0 Å². The van der Waals surface area contributed by atoms with E-state index in [2.05, 4.69) is 15.5 Å². The number of carbonyl (C=O) groups is 2. The Labute approximate surface area is 134 Å². The Kier molecular flexibility index (Phi) is 3.66. The molecule has 1 atom stereocenters. The number of nitrogens with one attached hydrogen (secondary N) is 1. The number of carbonyl (C=O) groups excluding carboxylic acids is 2. The molecular formula is C15H21N5O3. The minimum Gasteiger partial charge on any atom is -0.339 e. The Hall–Kier alpha value is -2.12. The standard InChI is InChI=1S/C15H21N5O3/c21-12(9-19-7-2-6-16-15(19)22)20-8-1-3-11(20)13-17-14(23-18-13)10-4-5-10/h10-11H,1-9H2,(H,16,22). The first-order chi connectivity index (χ1) is 11.2.